The number of aryl methyl sites for hydroxylation is 1. The summed E-state index contributed by atoms with van der Waals surface area (Å²) in [7, 11) is 0. The summed E-state index contributed by atoms with van der Waals surface area (Å²) in [5.74, 6) is -0.409. The van der Waals surface area contributed by atoms with Crippen molar-refractivity contribution in [2.45, 2.75) is 18.4 Å². The van der Waals surface area contributed by atoms with Crippen LogP contribution in [0.25, 0.3) is 0 Å². The third-order valence-corrected chi connectivity index (χ3v) is 4.48. The number of fused-ring (bicyclic) bond motifs is 1. The number of rotatable bonds is 3. The molecule has 0 aromatic heterocycles. The van der Waals surface area contributed by atoms with E-state index in [9.17, 15) is 9.59 Å². The van der Waals surface area contributed by atoms with Crippen molar-refractivity contribution in [3.8, 4) is 0 Å². The second-order valence-electron chi connectivity index (χ2n) is 5.03. The smallest absolute Gasteiger partial charge is 0.261 e. The van der Waals surface area contributed by atoms with Crippen LogP contribution in [0.4, 0.5) is 0 Å². The topological polar surface area (TPSA) is 37.4 Å². The molecule has 0 radical (unpaired) electrons. The van der Waals surface area contributed by atoms with E-state index in [4.69, 9.17) is 0 Å². The van der Waals surface area contributed by atoms with Crippen molar-refractivity contribution in [2.24, 2.45) is 0 Å². The number of hydrogen-bond donors (Lipinski definition) is 0. The zero-order chi connectivity index (χ0) is 15.0. The maximum atomic E-state index is 12.3. The van der Waals surface area contributed by atoms with Crippen LogP contribution in [0.5, 0.6) is 0 Å². The second kappa shape index (κ2) is 5.37. The summed E-state index contributed by atoms with van der Waals surface area (Å²) >= 11 is 1.68. The summed E-state index contributed by atoms with van der Waals surface area (Å²) in [6.07, 6.45) is 2.03. The molecular weight excluding hydrogens is 282 g/mol. The lowest BCUT2D eigenvalue weighted by Crippen LogP contribution is -2.29. The van der Waals surface area contributed by atoms with E-state index in [0.717, 1.165) is 11.1 Å². The Balaban J connectivity index is 1.90. The predicted molar refractivity (Wildman–Crippen MR) is 83.6 cm³/mol. The Bertz CT molecular complexity index is 704. The van der Waals surface area contributed by atoms with Gasteiger partial charge in [0.2, 0.25) is 0 Å². The molecule has 0 aliphatic carbocycles. The molecule has 1 aliphatic heterocycles. The quantitative estimate of drug-likeness (QED) is 0.642. The Labute approximate surface area is 128 Å². The van der Waals surface area contributed by atoms with E-state index in [-0.39, 0.29) is 11.8 Å². The van der Waals surface area contributed by atoms with Crippen LogP contribution < -0.4 is 0 Å². The van der Waals surface area contributed by atoms with Gasteiger partial charge < -0.3 is 0 Å². The van der Waals surface area contributed by atoms with Crippen molar-refractivity contribution < 1.29 is 9.59 Å². The van der Waals surface area contributed by atoms with Crippen molar-refractivity contribution in [1.82, 2.24) is 4.90 Å². The lowest BCUT2D eigenvalue weighted by molar-refractivity contribution is 0.0642. The maximum absolute atomic E-state index is 12.3. The normalized spacial score (nSPS) is 13.7. The Kier molecular flexibility index (Phi) is 3.55. The average Bonchev–Trinajstić information content (AvgIpc) is 2.74. The number of imide groups is 1. The molecule has 4 heteroatoms. The number of carbonyl (C=O) groups is 2. The first kappa shape index (κ1) is 13.9. The van der Waals surface area contributed by atoms with Crippen molar-refractivity contribution in [1.29, 1.82) is 0 Å². The molecule has 0 N–H and O–H groups in total. The Morgan fingerprint density at radius 2 is 1.62 bits per heavy atom. The van der Waals surface area contributed by atoms with E-state index >= 15 is 0 Å². The summed E-state index contributed by atoms with van der Waals surface area (Å²) < 4.78 is 0. The fourth-order valence-corrected chi connectivity index (χ4v) is 3.02. The summed E-state index contributed by atoms with van der Waals surface area (Å²) in [6, 6.07) is 13.1. The summed E-state index contributed by atoms with van der Waals surface area (Å²) in [4.78, 5) is 27.2. The van der Waals surface area contributed by atoms with Crippen molar-refractivity contribution >= 4 is 23.6 Å². The van der Waals surface area contributed by atoms with Gasteiger partial charge in [-0.25, -0.2) is 0 Å². The number of amides is 2. The standard InChI is InChI=1S/C17H15NO2S/c1-11-9-13(21-2)8-7-12(11)10-18-16(19)14-5-3-4-6-15(14)17(18)20/h3-9H,10H2,1-2H3. The van der Waals surface area contributed by atoms with Gasteiger partial charge in [-0.05, 0) is 48.6 Å². The lowest BCUT2D eigenvalue weighted by atomic mass is 10.1. The molecule has 21 heavy (non-hydrogen) atoms. The molecule has 0 spiro atoms. The predicted octanol–water partition coefficient (Wildman–Crippen LogP) is 3.51. The molecule has 2 aromatic carbocycles. The minimum Gasteiger partial charge on any atom is -0.270 e. The van der Waals surface area contributed by atoms with Gasteiger partial charge in [0.05, 0.1) is 17.7 Å². The van der Waals surface area contributed by atoms with Crippen LogP contribution in [0, 0.1) is 6.92 Å². The first-order chi connectivity index (χ1) is 10.1. The average molecular weight is 297 g/mol. The molecule has 106 valence electrons. The number of hydrogen-bond acceptors (Lipinski definition) is 3. The van der Waals surface area contributed by atoms with Crippen LogP contribution in [-0.4, -0.2) is 23.0 Å². The number of benzene rings is 2. The molecule has 0 fully saturated rings. The zero-order valence-electron chi connectivity index (χ0n) is 11.9. The van der Waals surface area contributed by atoms with Gasteiger partial charge in [-0.3, -0.25) is 14.5 Å². The van der Waals surface area contributed by atoms with Gasteiger partial charge in [-0.15, -0.1) is 11.8 Å². The van der Waals surface area contributed by atoms with Crippen molar-refractivity contribution in [3.63, 3.8) is 0 Å². The lowest BCUT2D eigenvalue weighted by Gasteiger charge is -2.16. The van der Waals surface area contributed by atoms with Crippen molar-refractivity contribution in [2.75, 3.05) is 6.26 Å². The highest BCUT2D eigenvalue weighted by molar-refractivity contribution is 7.98. The molecule has 3 rings (SSSR count). The first-order valence-corrected chi connectivity index (χ1v) is 7.93. The third-order valence-electron chi connectivity index (χ3n) is 3.76. The Morgan fingerprint density at radius 3 is 2.14 bits per heavy atom. The van der Waals surface area contributed by atoms with Gasteiger partial charge >= 0.3 is 0 Å². The molecule has 0 saturated carbocycles. The number of carbonyl (C=O) groups excluding carboxylic acids is 2. The first-order valence-electron chi connectivity index (χ1n) is 6.70. The van der Waals surface area contributed by atoms with E-state index < -0.39 is 0 Å². The van der Waals surface area contributed by atoms with Crippen LogP contribution in [0.3, 0.4) is 0 Å². The monoisotopic (exact) mass is 297 g/mol. The summed E-state index contributed by atoms with van der Waals surface area (Å²) in [5.41, 5.74) is 3.10. The van der Waals surface area contributed by atoms with Gasteiger partial charge in [-0.1, -0.05) is 18.2 Å². The summed E-state index contributed by atoms with van der Waals surface area (Å²) in [6.45, 7) is 2.33. The van der Waals surface area contributed by atoms with Gasteiger partial charge in [0.25, 0.3) is 11.8 Å². The van der Waals surface area contributed by atoms with Gasteiger partial charge in [-0.2, -0.15) is 0 Å². The molecular formula is C17H15NO2S. The molecule has 1 aliphatic rings. The SMILES string of the molecule is CSc1ccc(CN2C(=O)c3ccccc3C2=O)c(C)c1. The van der Waals surface area contributed by atoms with Crippen LogP contribution in [0.2, 0.25) is 0 Å². The van der Waals surface area contributed by atoms with Crippen molar-refractivity contribution in [3.05, 3.63) is 64.7 Å². The summed E-state index contributed by atoms with van der Waals surface area (Å²) in [5, 5.41) is 0. The number of nitrogens with zero attached hydrogens (tertiary/aromatic N) is 1. The third kappa shape index (κ3) is 2.36. The van der Waals surface area contributed by atoms with Crippen LogP contribution in [0.15, 0.2) is 47.4 Å². The molecule has 0 unspecified atom stereocenters. The highest BCUT2D eigenvalue weighted by Crippen LogP contribution is 2.26. The molecule has 0 saturated heterocycles. The molecule has 2 aromatic rings. The van der Waals surface area contributed by atoms with E-state index in [1.807, 2.05) is 25.3 Å². The van der Waals surface area contributed by atoms with Gasteiger partial charge in [0.15, 0.2) is 0 Å². The fraction of sp³-hybridized carbons (Fsp3) is 0.176. The van der Waals surface area contributed by atoms with E-state index in [2.05, 4.69) is 6.07 Å². The number of thioether (sulfide) groups is 1. The van der Waals surface area contributed by atoms with Crippen LogP contribution in [0.1, 0.15) is 31.8 Å². The van der Waals surface area contributed by atoms with Crippen LogP contribution in [-0.2, 0) is 6.54 Å². The molecule has 0 atom stereocenters. The maximum Gasteiger partial charge on any atom is 0.261 e. The van der Waals surface area contributed by atoms with E-state index in [1.165, 1.54) is 9.80 Å². The Hall–Kier alpha value is -2.07. The zero-order valence-corrected chi connectivity index (χ0v) is 12.7. The van der Waals surface area contributed by atoms with Gasteiger partial charge in [0.1, 0.15) is 0 Å². The highest BCUT2D eigenvalue weighted by Gasteiger charge is 2.35. The second-order valence-corrected chi connectivity index (χ2v) is 5.91. The highest BCUT2D eigenvalue weighted by atomic mass is 32.2. The molecule has 3 nitrogen and oxygen atoms in total. The van der Waals surface area contributed by atoms with Gasteiger partial charge in [0, 0.05) is 4.90 Å². The largest absolute Gasteiger partial charge is 0.270 e. The van der Waals surface area contributed by atoms with E-state index in [1.54, 1.807) is 36.0 Å². The Morgan fingerprint density at radius 1 is 1.00 bits per heavy atom. The van der Waals surface area contributed by atoms with E-state index in [0.29, 0.717) is 17.7 Å². The minimum atomic E-state index is -0.205. The molecule has 0 bridgehead atoms. The fourth-order valence-electron chi connectivity index (χ4n) is 2.53. The van der Waals surface area contributed by atoms with Crippen LogP contribution >= 0.6 is 11.8 Å². The molecule has 1 heterocycles. The molecule has 2 amide bonds. The minimum absolute atomic E-state index is 0.205.